The molecule has 30 heavy (non-hydrogen) atoms. The fourth-order valence-electron chi connectivity index (χ4n) is 3.52. The first-order valence-corrected chi connectivity index (χ1v) is 10.2. The first-order valence-electron chi connectivity index (χ1n) is 10.2. The summed E-state index contributed by atoms with van der Waals surface area (Å²) in [4.78, 5) is 39.2. The molecule has 158 valence electrons. The standard InChI is InChI=1S/C23H26FN3O3/c1-2-12-25-21(28)17-8-6-13-27(15-17)23(30)16-7-5-9-18(14-16)26-22(29)19-10-3-4-11-20(19)24/h3-5,7,9-11,14,17H,2,6,8,12-13,15H2,1H3,(H,25,28)(H,26,29)/t17-/m0/s1. The van der Waals surface area contributed by atoms with Crippen molar-refractivity contribution in [1.82, 2.24) is 10.2 Å². The molecule has 1 fully saturated rings. The van der Waals surface area contributed by atoms with Crippen LogP contribution >= 0.6 is 0 Å². The van der Waals surface area contributed by atoms with Crippen LogP contribution in [0.2, 0.25) is 0 Å². The van der Waals surface area contributed by atoms with Crippen LogP contribution in [0.4, 0.5) is 10.1 Å². The third-order valence-corrected chi connectivity index (χ3v) is 5.11. The van der Waals surface area contributed by atoms with Gasteiger partial charge in [-0.25, -0.2) is 4.39 Å². The molecule has 1 aliphatic heterocycles. The number of halogens is 1. The number of carbonyl (C=O) groups is 3. The maximum atomic E-state index is 13.8. The molecule has 0 spiro atoms. The molecule has 1 aliphatic rings. The van der Waals surface area contributed by atoms with Crippen molar-refractivity contribution in [3.05, 3.63) is 65.5 Å². The molecular formula is C23H26FN3O3. The minimum absolute atomic E-state index is 0.0137. The number of likely N-dealkylation sites (tertiary alicyclic amines) is 1. The van der Waals surface area contributed by atoms with Crippen molar-refractivity contribution < 1.29 is 18.8 Å². The molecule has 3 amide bonds. The fourth-order valence-corrected chi connectivity index (χ4v) is 3.52. The Hall–Kier alpha value is -3.22. The zero-order valence-electron chi connectivity index (χ0n) is 17.0. The van der Waals surface area contributed by atoms with Crippen LogP contribution in [0.5, 0.6) is 0 Å². The zero-order chi connectivity index (χ0) is 21.5. The molecule has 1 heterocycles. The Bertz CT molecular complexity index is 931. The molecule has 1 saturated heterocycles. The largest absolute Gasteiger partial charge is 0.356 e. The monoisotopic (exact) mass is 411 g/mol. The summed E-state index contributed by atoms with van der Waals surface area (Å²) in [6.45, 7) is 3.59. The average Bonchev–Trinajstić information content (AvgIpc) is 2.77. The number of anilines is 1. The summed E-state index contributed by atoms with van der Waals surface area (Å²) in [6, 6.07) is 12.3. The molecule has 3 rings (SSSR count). The van der Waals surface area contributed by atoms with E-state index in [4.69, 9.17) is 0 Å². The number of piperidine rings is 1. The van der Waals surface area contributed by atoms with Crippen molar-refractivity contribution in [2.45, 2.75) is 26.2 Å². The first kappa shape index (κ1) is 21.5. The molecule has 0 aliphatic carbocycles. The Morgan fingerprint density at radius 3 is 2.70 bits per heavy atom. The van der Waals surface area contributed by atoms with Gasteiger partial charge in [-0.1, -0.05) is 25.1 Å². The third-order valence-electron chi connectivity index (χ3n) is 5.11. The Labute approximate surface area is 175 Å². The topological polar surface area (TPSA) is 78.5 Å². The van der Waals surface area contributed by atoms with E-state index < -0.39 is 11.7 Å². The van der Waals surface area contributed by atoms with Gasteiger partial charge < -0.3 is 15.5 Å². The molecule has 0 saturated carbocycles. The molecule has 1 atom stereocenters. The highest BCUT2D eigenvalue weighted by Crippen LogP contribution is 2.21. The van der Waals surface area contributed by atoms with Gasteiger partial charge in [-0.2, -0.15) is 0 Å². The van der Waals surface area contributed by atoms with E-state index >= 15 is 0 Å². The van der Waals surface area contributed by atoms with E-state index in [1.54, 1.807) is 35.2 Å². The van der Waals surface area contributed by atoms with Crippen molar-refractivity contribution in [2.75, 3.05) is 25.0 Å². The van der Waals surface area contributed by atoms with Crippen LogP contribution in [-0.2, 0) is 4.79 Å². The quantitative estimate of drug-likeness (QED) is 0.764. The Kier molecular flexibility index (Phi) is 7.17. The van der Waals surface area contributed by atoms with E-state index in [0.717, 1.165) is 19.3 Å². The Morgan fingerprint density at radius 1 is 1.13 bits per heavy atom. The lowest BCUT2D eigenvalue weighted by atomic mass is 9.96. The van der Waals surface area contributed by atoms with E-state index in [0.29, 0.717) is 30.9 Å². The second-order valence-electron chi connectivity index (χ2n) is 7.40. The number of carbonyl (C=O) groups excluding carboxylic acids is 3. The SMILES string of the molecule is CCCNC(=O)[C@H]1CCCN(C(=O)c2cccc(NC(=O)c3ccccc3F)c2)C1. The highest BCUT2D eigenvalue weighted by Gasteiger charge is 2.28. The number of nitrogens with one attached hydrogen (secondary N) is 2. The predicted molar refractivity (Wildman–Crippen MR) is 113 cm³/mol. The molecule has 2 N–H and O–H groups in total. The first-order chi connectivity index (χ1) is 14.5. The van der Waals surface area contributed by atoms with Crippen LogP contribution < -0.4 is 10.6 Å². The van der Waals surface area contributed by atoms with Gasteiger partial charge in [0.2, 0.25) is 5.91 Å². The maximum absolute atomic E-state index is 13.8. The van der Waals surface area contributed by atoms with Gasteiger partial charge in [0, 0.05) is 30.9 Å². The number of amides is 3. The molecule has 7 heteroatoms. The van der Waals surface area contributed by atoms with Gasteiger partial charge in [0.1, 0.15) is 5.82 Å². The number of rotatable bonds is 6. The van der Waals surface area contributed by atoms with Crippen molar-refractivity contribution >= 4 is 23.4 Å². The van der Waals surface area contributed by atoms with E-state index in [1.165, 1.54) is 18.2 Å². The number of hydrogen-bond donors (Lipinski definition) is 2. The Balaban J connectivity index is 1.67. The highest BCUT2D eigenvalue weighted by molar-refractivity contribution is 6.05. The molecule has 0 bridgehead atoms. The molecule has 0 unspecified atom stereocenters. The fraction of sp³-hybridized carbons (Fsp3) is 0.348. The summed E-state index contributed by atoms with van der Waals surface area (Å²) in [6.07, 6.45) is 2.39. The van der Waals surface area contributed by atoms with Crippen LogP contribution in [0.25, 0.3) is 0 Å². The van der Waals surface area contributed by atoms with Gasteiger partial charge in [-0.15, -0.1) is 0 Å². The zero-order valence-corrected chi connectivity index (χ0v) is 17.0. The molecule has 0 aromatic heterocycles. The lowest BCUT2D eigenvalue weighted by molar-refractivity contribution is -0.126. The smallest absolute Gasteiger partial charge is 0.258 e. The van der Waals surface area contributed by atoms with Gasteiger partial charge in [0.05, 0.1) is 11.5 Å². The average molecular weight is 411 g/mol. The number of benzene rings is 2. The van der Waals surface area contributed by atoms with E-state index in [2.05, 4.69) is 10.6 Å². The van der Waals surface area contributed by atoms with Crippen LogP contribution in [-0.4, -0.2) is 42.3 Å². The van der Waals surface area contributed by atoms with Crippen LogP contribution in [0.1, 0.15) is 46.9 Å². The molecular weight excluding hydrogens is 385 g/mol. The minimum Gasteiger partial charge on any atom is -0.356 e. The maximum Gasteiger partial charge on any atom is 0.258 e. The number of nitrogens with zero attached hydrogens (tertiary/aromatic N) is 1. The van der Waals surface area contributed by atoms with Gasteiger partial charge in [0.25, 0.3) is 11.8 Å². The summed E-state index contributed by atoms with van der Waals surface area (Å²) in [5.74, 6) is -1.60. The van der Waals surface area contributed by atoms with Crippen LogP contribution in [0.15, 0.2) is 48.5 Å². The van der Waals surface area contributed by atoms with Gasteiger partial charge in [0.15, 0.2) is 0 Å². The third kappa shape index (κ3) is 5.23. The molecule has 2 aromatic carbocycles. The Morgan fingerprint density at radius 2 is 1.93 bits per heavy atom. The summed E-state index contributed by atoms with van der Waals surface area (Å²) in [5, 5.41) is 5.53. The van der Waals surface area contributed by atoms with Crippen LogP contribution in [0, 0.1) is 11.7 Å². The van der Waals surface area contributed by atoms with Gasteiger partial charge in [-0.05, 0) is 49.6 Å². The summed E-state index contributed by atoms with van der Waals surface area (Å²) in [5.41, 5.74) is 0.755. The van der Waals surface area contributed by atoms with E-state index in [9.17, 15) is 18.8 Å². The molecule has 0 radical (unpaired) electrons. The van der Waals surface area contributed by atoms with Crippen molar-refractivity contribution in [2.24, 2.45) is 5.92 Å². The lowest BCUT2D eigenvalue weighted by Gasteiger charge is -2.32. The van der Waals surface area contributed by atoms with Crippen molar-refractivity contribution in [1.29, 1.82) is 0 Å². The normalized spacial score (nSPS) is 16.1. The van der Waals surface area contributed by atoms with Crippen molar-refractivity contribution in [3.63, 3.8) is 0 Å². The summed E-state index contributed by atoms with van der Waals surface area (Å²) in [7, 11) is 0. The molecule has 6 nitrogen and oxygen atoms in total. The second-order valence-corrected chi connectivity index (χ2v) is 7.40. The predicted octanol–water partition coefficient (Wildman–Crippen LogP) is 3.46. The molecule has 2 aromatic rings. The lowest BCUT2D eigenvalue weighted by Crippen LogP contribution is -2.45. The van der Waals surface area contributed by atoms with Crippen molar-refractivity contribution in [3.8, 4) is 0 Å². The van der Waals surface area contributed by atoms with Crippen LogP contribution in [0.3, 0.4) is 0 Å². The minimum atomic E-state index is -0.608. The van der Waals surface area contributed by atoms with E-state index in [-0.39, 0.29) is 23.3 Å². The van der Waals surface area contributed by atoms with Gasteiger partial charge in [-0.3, -0.25) is 14.4 Å². The number of hydrogen-bond acceptors (Lipinski definition) is 3. The highest BCUT2D eigenvalue weighted by atomic mass is 19.1. The summed E-state index contributed by atoms with van der Waals surface area (Å²) < 4.78 is 13.8. The second kappa shape index (κ2) is 10.0. The van der Waals surface area contributed by atoms with Gasteiger partial charge >= 0.3 is 0 Å². The van der Waals surface area contributed by atoms with E-state index in [1.807, 2.05) is 6.92 Å². The summed E-state index contributed by atoms with van der Waals surface area (Å²) >= 11 is 0.